The van der Waals surface area contributed by atoms with Crippen LogP contribution in [0.25, 0.3) is 0 Å². The molecule has 5 heteroatoms. The topological polar surface area (TPSA) is 53.0 Å². The maximum Gasteiger partial charge on any atom is 0.274 e. The molecule has 3 rings (SSSR count). The van der Waals surface area contributed by atoms with Crippen LogP contribution in [-0.4, -0.2) is 24.6 Å². The summed E-state index contributed by atoms with van der Waals surface area (Å²) in [4.78, 5) is 26.6. The molecule has 0 fully saturated rings. The SMILES string of the molecule is Cc1cc(C)cc(N(C)C(=O)C2=NN(c3ccccc3)C(=O)CC2)c1. The first-order valence-electron chi connectivity index (χ1n) is 8.27. The van der Waals surface area contributed by atoms with E-state index in [1.807, 2.05) is 56.3 Å². The van der Waals surface area contributed by atoms with E-state index in [9.17, 15) is 9.59 Å². The third kappa shape index (κ3) is 3.60. The van der Waals surface area contributed by atoms with Crippen molar-refractivity contribution in [3.63, 3.8) is 0 Å². The van der Waals surface area contributed by atoms with Crippen molar-refractivity contribution in [1.82, 2.24) is 0 Å². The lowest BCUT2D eigenvalue weighted by atomic mass is 10.1. The van der Waals surface area contributed by atoms with Gasteiger partial charge in [-0.05, 0) is 49.2 Å². The normalized spacial score (nSPS) is 14.3. The Hall–Kier alpha value is -2.95. The van der Waals surface area contributed by atoms with Crippen molar-refractivity contribution in [3.05, 3.63) is 59.7 Å². The number of nitrogens with zero attached hydrogens (tertiary/aromatic N) is 3. The molecule has 0 unspecified atom stereocenters. The Kier molecular flexibility index (Phi) is 4.65. The van der Waals surface area contributed by atoms with Crippen LogP contribution >= 0.6 is 0 Å². The van der Waals surface area contributed by atoms with Gasteiger partial charge in [0.05, 0.1) is 5.69 Å². The molecule has 25 heavy (non-hydrogen) atoms. The molecule has 0 N–H and O–H groups in total. The number of benzene rings is 2. The Morgan fingerprint density at radius 3 is 2.32 bits per heavy atom. The van der Waals surface area contributed by atoms with Crippen molar-refractivity contribution in [2.75, 3.05) is 17.0 Å². The van der Waals surface area contributed by atoms with E-state index in [2.05, 4.69) is 11.2 Å². The number of rotatable bonds is 3. The van der Waals surface area contributed by atoms with Crippen LogP contribution in [0.3, 0.4) is 0 Å². The Labute approximate surface area is 147 Å². The molecule has 0 radical (unpaired) electrons. The smallest absolute Gasteiger partial charge is 0.274 e. The summed E-state index contributed by atoms with van der Waals surface area (Å²) in [5, 5.41) is 5.66. The summed E-state index contributed by atoms with van der Waals surface area (Å²) in [6.07, 6.45) is 0.635. The highest BCUT2D eigenvalue weighted by atomic mass is 16.2. The maximum absolute atomic E-state index is 12.9. The Morgan fingerprint density at radius 1 is 1.04 bits per heavy atom. The second-order valence-electron chi connectivity index (χ2n) is 6.30. The number of carbonyl (C=O) groups is 2. The molecule has 2 amide bonds. The predicted octanol–water partition coefficient (Wildman–Crippen LogP) is 3.45. The highest BCUT2D eigenvalue weighted by molar-refractivity contribution is 6.44. The van der Waals surface area contributed by atoms with Crippen molar-refractivity contribution in [1.29, 1.82) is 0 Å². The van der Waals surface area contributed by atoms with Gasteiger partial charge in [0.15, 0.2) is 0 Å². The minimum Gasteiger partial charge on any atom is -0.310 e. The third-order valence-electron chi connectivity index (χ3n) is 4.18. The number of amides is 2. The summed E-state index contributed by atoms with van der Waals surface area (Å²) >= 11 is 0. The first-order valence-corrected chi connectivity index (χ1v) is 8.27. The minimum atomic E-state index is -0.182. The number of anilines is 2. The zero-order valence-corrected chi connectivity index (χ0v) is 14.7. The van der Waals surface area contributed by atoms with Gasteiger partial charge in [0, 0.05) is 25.6 Å². The van der Waals surface area contributed by atoms with Crippen molar-refractivity contribution in [3.8, 4) is 0 Å². The number of aryl methyl sites for hydroxylation is 2. The molecule has 0 saturated carbocycles. The summed E-state index contributed by atoms with van der Waals surface area (Å²) < 4.78 is 0. The molecule has 0 spiro atoms. The zero-order chi connectivity index (χ0) is 18.0. The third-order valence-corrected chi connectivity index (χ3v) is 4.18. The molecule has 1 aliphatic heterocycles. The predicted molar refractivity (Wildman–Crippen MR) is 99.9 cm³/mol. The van der Waals surface area contributed by atoms with Crippen molar-refractivity contribution in [2.45, 2.75) is 26.7 Å². The molecular weight excluding hydrogens is 314 g/mol. The van der Waals surface area contributed by atoms with Gasteiger partial charge in [-0.15, -0.1) is 0 Å². The van der Waals surface area contributed by atoms with E-state index >= 15 is 0 Å². The molecule has 0 aromatic heterocycles. The molecule has 2 aromatic rings. The fraction of sp³-hybridized carbons (Fsp3) is 0.250. The molecule has 2 aromatic carbocycles. The number of hydrazone groups is 1. The highest BCUT2D eigenvalue weighted by Gasteiger charge is 2.27. The van der Waals surface area contributed by atoms with Crippen LogP contribution in [-0.2, 0) is 9.59 Å². The fourth-order valence-electron chi connectivity index (χ4n) is 2.93. The number of para-hydroxylation sites is 1. The first kappa shape index (κ1) is 16.9. The van der Waals surface area contributed by atoms with Crippen LogP contribution in [0.1, 0.15) is 24.0 Å². The van der Waals surface area contributed by atoms with Crippen molar-refractivity contribution < 1.29 is 9.59 Å². The quantitative estimate of drug-likeness (QED) is 0.863. The summed E-state index contributed by atoms with van der Waals surface area (Å²) in [5.41, 5.74) is 4.09. The van der Waals surface area contributed by atoms with Gasteiger partial charge in [0.2, 0.25) is 5.91 Å². The zero-order valence-electron chi connectivity index (χ0n) is 14.7. The number of carbonyl (C=O) groups excluding carboxylic acids is 2. The second kappa shape index (κ2) is 6.89. The molecule has 0 saturated heterocycles. The second-order valence-corrected chi connectivity index (χ2v) is 6.30. The summed E-state index contributed by atoms with van der Waals surface area (Å²) in [6.45, 7) is 4.01. The average molecular weight is 335 g/mol. The van der Waals surface area contributed by atoms with Crippen LogP contribution in [0, 0.1) is 13.8 Å². The van der Waals surface area contributed by atoms with Crippen LogP contribution in [0.2, 0.25) is 0 Å². The van der Waals surface area contributed by atoms with Crippen molar-refractivity contribution in [2.24, 2.45) is 5.10 Å². The molecule has 0 atom stereocenters. The Balaban J connectivity index is 1.89. The lowest BCUT2D eigenvalue weighted by Crippen LogP contribution is -2.40. The molecule has 0 bridgehead atoms. The van der Waals surface area contributed by atoms with E-state index in [1.165, 1.54) is 5.01 Å². The van der Waals surface area contributed by atoms with E-state index in [4.69, 9.17) is 0 Å². The Bertz CT molecular complexity index is 823. The molecule has 1 aliphatic rings. The highest BCUT2D eigenvalue weighted by Crippen LogP contribution is 2.22. The molecule has 1 heterocycles. The fourth-order valence-corrected chi connectivity index (χ4v) is 2.93. The van der Waals surface area contributed by atoms with Gasteiger partial charge in [-0.3, -0.25) is 9.59 Å². The molecule has 128 valence electrons. The lowest BCUT2D eigenvalue weighted by molar-refractivity contribution is -0.118. The number of hydrogen-bond donors (Lipinski definition) is 0. The summed E-state index contributed by atoms with van der Waals surface area (Å²) in [7, 11) is 1.74. The largest absolute Gasteiger partial charge is 0.310 e. The summed E-state index contributed by atoms with van der Waals surface area (Å²) in [5.74, 6) is -0.282. The molecule has 5 nitrogen and oxygen atoms in total. The molecule has 0 aliphatic carbocycles. The van der Waals surface area contributed by atoms with Gasteiger partial charge in [0.1, 0.15) is 5.71 Å². The van der Waals surface area contributed by atoms with Gasteiger partial charge in [-0.25, -0.2) is 5.01 Å². The van der Waals surface area contributed by atoms with Gasteiger partial charge in [-0.2, -0.15) is 5.10 Å². The standard InChI is InChI=1S/C20H21N3O2/c1-14-11-15(2)13-17(12-14)22(3)20(25)18-9-10-19(24)23(21-18)16-7-5-4-6-8-16/h4-8,11-13H,9-10H2,1-3H3. The van der Waals surface area contributed by atoms with Crippen LogP contribution in [0.5, 0.6) is 0 Å². The van der Waals surface area contributed by atoms with Crippen LogP contribution in [0.4, 0.5) is 11.4 Å². The summed E-state index contributed by atoms with van der Waals surface area (Å²) in [6, 6.07) is 15.2. The lowest BCUT2D eigenvalue weighted by Gasteiger charge is -2.25. The minimum absolute atomic E-state index is 0.100. The van der Waals surface area contributed by atoms with Gasteiger partial charge in [0.25, 0.3) is 5.91 Å². The first-order chi connectivity index (χ1) is 12.0. The average Bonchev–Trinajstić information content (AvgIpc) is 2.61. The van der Waals surface area contributed by atoms with Crippen LogP contribution < -0.4 is 9.91 Å². The van der Waals surface area contributed by atoms with Crippen molar-refractivity contribution >= 4 is 28.9 Å². The number of hydrogen-bond acceptors (Lipinski definition) is 3. The van der Waals surface area contributed by atoms with Gasteiger partial charge >= 0.3 is 0 Å². The van der Waals surface area contributed by atoms with Crippen LogP contribution in [0.15, 0.2) is 53.6 Å². The van der Waals surface area contributed by atoms with Gasteiger partial charge < -0.3 is 4.90 Å². The van der Waals surface area contributed by atoms with E-state index in [0.717, 1.165) is 16.8 Å². The van der Waals surface area contributed by atoms with E-state index < -0.39 is 0 Å². The van der Waals surface area contributed by atoms with E-state index in [0.29, 0.717) is 17.8 Å². The monoisotopic (exact) mass is 335 g/mol. The molecular formula is C20H21N3O2. The van der Waals surface area contributed by atoms with E-state index in [-0.39, 0.29) is 18.2 Å². The Morgan fingerprint density at radius 2 is 1.68 bits per heavy atom. The van der Waals surface area contributed by atoms with Gasteiger partial charge in [-0.1, -0.05) is 24.3 Å². The maximum atomic E-state index is 12.9. The van der Waals surface area contributed by atoms with E-state index in [1.54, 1.807) is 11.9 Å².